The number of allylic oxidation sites excluding steroid dienone is 1. The normalized spacial score (nSPS) is 10.6. The Labute approximate surface area is 86.0 Å². The fraction of sp³-hybridized carbons (Fsp3) is 0.583. The van der Waals surface area contributed by atoms with Gasteiger partial charge in [-0.3, -0.25) is 4.79 Å². The van der Waals surface area contributed by atoms with Gasteiger partial charge in [0.1, 0.15) is 0 Å². The van der Waals surface area contributed by atoms with Crippen LogP contribution in [0.15, 0.2) is 11.6 Å². The molecule has 0 fully saturated rings. The van der Waals surface area contributed by atoms with Crippen LogP contribution in [0.4, 0.5) is 0 Å². The Morgan fingerprint density at radius 3 is 2.57 bits per heavy atom. The summed E-state index contributed by atoms with van der Waals surface area (Å²) in [7, 11) is 0. The highest BCUT2D eigenvalue weighted by atomic mass is 16.4. The molecule has 0 bridgehead atoms. The highest BCUT2D eigenvalue weighted by Gasteiger charge is 2.01. The van der Waals surface area contributed by atoms with Gasteiger partial charge in [0.2, 0.25) is 0 Å². The SMILES string of the molecule is CCCC#C/C=C(\CCC)CC(=O)O. The molecule has 2 nitrogen and oxygen atoms in total. The summed E-state index contributed by atoms with van der Waals surface area (Å²) in [6, 6.07) is 0. The second-order valence-electron chi connectivity index (χ2n) is 3.19. The van der Waals surface area contributed by atoms with Gasteiger partial charge in [-0.2, -0.15) is 0 Å². The molecular formula is C12H18O2. The van der Waals surface area contributed by atoms with Crippen molar-refractivity contribution in [2.75, 3.05) is 0 Å². The third-order valence-electron chi connectivity index (χ3n) is 1.70. The van der Waals surface area contributed by atoms with Crippen molar-refractivity contribution in [3.05, 3.63) is 11.6 Å². The topological polar surface area (TPSA) is 37.3 Å². The van der Waals surface area contributed by atoms with Crippen LogP contribution < -0.4 is 0 Å². The van der Waals surface area contributed by atoms with Crippen molar-refractivity contribution in [2.45, 2.75) is 46.0 Å². The summed E-state index contributed by atoms with van der Waals surface area (Å²) in [6.07, 6.45) is 5.59. The highest BCUT2D eigenvalue weighted by Crippen LogP contribution is 2.08. The Hall–Kier alpha value is -1.23. The highest BCUT2D eigenvalue weighted by molar-refractivity contribution is 5.70. The number of rotatable bonds is 5. The van der Waals surface area contributed by atoms with Gasteiger partial charge in [0.15, 0.2) is 0 Å². The van der Waals surface area contributed by atoms with Crippen LogP contribution >= 0.6 is 0 Å². The molecule has 78 valence electrons. The van der Waals surface area contributed by atoms with Crippen LogP contribution in [-0.2, 0) is 4.79 Å². The Balaban J connectivity index is 4.19. The summed E-state index contributed by atoms with van der Waals surface area (Å²) in [6.45, 7) is 4.11. The number of carbonyl (C=O) groups is 1. The van der Waals surface area contributed by atoms with Crippen LogP contribution in [0, 0.1) is 11.8 Å². The first-order valence-corrected chi connectivity index (χ1v) is 5.08. The van der Waals surface area contributed by atoms with Crippen molar-refractivity contribution >= 4 is 5.97 Å². The molecule has 0 aromatic rings. The minimum Gasteiger partial charge on any atom is -0.481 e. The first-order chi connectivity index (χ1) is 6.70. The van der Waals surface area contributed by atoms with Gasteiger partial charge in [0.05, 0.1) is 6.42 Å². The van der Waals surface area contributed by atoms with Crippen molar-refractivity contribution in [3.8, 4) is 11.8 Å². The van der Waals surface area contributed by atoms with E-state index >= 15 is 0 Å². The van der Waals surface area contributed by atoms with Crippen LogP contribution in [0.5, 0.6) is 0 Å². The van der Waals surface area contributed by atoms with Gasteiger partial charge in [-0.25, -0.2) is 0 Å². The first-order valence-electron chi connectivity index (χ1n) is 5.08. The van der Waals surface area contributed by atoms with E-state index in [4.69, 9.17) is 5.11 Å². The number of hydrogen-bond donors (Lipinski definition) is 1. The quantitative estimate of drug-likeness (QED) is 0.683. The van der Waals surface area contributed by atoms with Gasteiger partial charge in [-0.05, 0) is 18.9 Å². The summed E-state index contributed by atoms with van der Waals surface area (Å²) in [5, 5.41) is 8.62. The van der Waals surface area contributed by atoms with Crippen LogP contribution in [0.2, 0.25) is 0 Å². The van der Waals surface area contributed by atoms with Crippen molar-refractivity contribution < 1.29 is 9.90 Å². The average Bonchev–Trinajstić information content (AvgIpc) is 2.12. The number of hydrogen-bond acceptors (Lipinski definition) is 1. The zero-order chi connectivity index (χ0) is 10.8. The lowest BCUT2D eigenvalue weighted by atomic mass is 10.1. The smallest absolute Gasteiger partial charge is 0.307 e. The fourth-order valence-corrected chi connectivity index (χ4v) is 1.08. The standard InChI is InChI=1S/C12H18O2/c1-3-5-6-7-9-11(8-4-2)10-12(13)14/h9H,3-5,8,10H2,1-2H3,(H,13,14)/b11-9+. The molecule has 0 rings (SSSR count). The van der Waals surface area contributed by atoms with Gasteiger partial charge < -0.3 is 5.11 Å². The van der Waals surface area contributed by atoms with E-state index in [1.54, 1.807) is 6.08 Å². The summed E-state index contributed by atoms with van der Waals surface area (Å²) >= 11 is 0. The number of unbranched alkanes of at least 4 members (excludes halogenated alkanes) is 1. The van der Waals surface area contributed by atoms with E-state index in [0.29, 0.717) is 0 Å². The minimum atomic E-state index is -0.776. The molecule has 0 unspecified atom stereocenters. The average molecular weight is 194 g/mol. The molecule has 0 aliphatic carbocycles. The molecule has 0 atom stereocenters. The third kappa shape index (κ3) is 7.42. The molecule has 0 spiro atoms. The molecule has 0 radical (unpaired) electrons. The van der Waals surface area contributed by atoms with E-state index < -0.39 is 5.97 Å². The Morgan fingerprint density at radius 1 is 1.36 bits per heavy atom. The van der Waals surface area contributed by atoms with E-state index in [9.17, 15) is 4.79 Å². The molecule has 0 aromatic heterocycles. The maximum Gasteiger partial charge on any atom is 0.307 e. The summed E-state index contributed by atoms with van der Waals surface area (Å²) in [5.74, 6) is 5.10. The van der Waals surface area contributed by atoms with Crippen LogP contribution in [-0.4, -0.2) is 11.1 Å². The molecule has 14 heavy (non-hydrogen) atoms. The monoisotopic (exact) mass is 194 g/mol. The molecule has 0 aliphatic heterocycles. The molecule has 0 saturated heterocycles. The van der Waals surface area contributed by atoms with E-state index in [0.717, 1.165) is 31.3 Å². The number of aliphatic carboxylic acids is 1. The molecule has 0 aromatic carbocycles. The van der Waals surface area contributed by atoms with Gasteiger partial charge in [0, 0.05) is 6.42 Å². The van der Waals surface area contributed by atoms with E-state index in [1.807, 2.05) is 6.92 Å². The van der Waals surface area contributed by atoms with Crippen LogP contribution in [0.1, 0.15) is 46.0 Å². The Kier molecular flexibility index (Phi) is 7.64. The Morgan fingerprint density at radius 2 is 2.07 bits per heavy atom. The molecular weight excluding hydrogens is 176 g/mol. The lowest BCUT2D eigenvalue weighted by molar-refractivity contribution is -0.136. The molecule has 1 N–H and O–H groups in total. The fourth-order valence-electron chi connectivity index (χ4n) is 1.08. The third-order valence-corrected chi connectivity index (χ3v) is 1.70. The minimum absolute atomic E-state index is 0.120. The van der Waals surface area contributed by atoms with Crippen molar-refractivity contribution in [2.24, 2.45) is 0 Å². The molecule has 0 aliphatic rings. The molecule has 0 amide bonds. The summed E-state index contributed by atoms with van der Waals surface area (Å²) in [5.41, 5.74) is 0.920. The van der Waals surface area contributed by atoms with Crippen molar-refractivity contribution in [3.63, 3.8) is 0 Å². The molecule has 0 saturated carbocycles. The van der Waals surface area contributed by atoms with Gasteiger partial charge >= 0.3 is 5.97 Å². The molecule has 2 heteroatoms. The first kappa shape index (κ1) is 12.8. The van der Waals surface area contributed by atoms with Gasteiger partial charge in [-0.1, -0.05) is 37.7 Å². The lowest BCUT2D eigenvalue weighted by Crippen LogP contribution is -1.97. The largest absolute Gasteiger partial charge is 0.481 e. The predicted octanol–water partition coefficient (Wildman–Crippen LogP) is 2.99. The van der Waals surface area contributed by atoms with Crippen molar-refractivity contribution in [1.82, 2.24) is 0 Å². The molecule has 0 heterocycles. The Bertz CT molecular complexity index is 253. The maximum absolute atomic E-state index is 10.5. The van der Waals surface area contributed by atoms with Gasteiger partial charge in [0.25, 0.3) is 0 Å². The maximum atomic E-state index is 10.5. The van der Waals surface area contributed by atoms with E-state index in [2.05, 4.69) is 18.8 Å². The zero-order valence-corrected chi connectivity index (χ0v) is 8.97. The van der Waals surface area contributed by atoms with E-state index in [-0.39, 0.29) is 6.42 Å². The van der Waals surface area contributed by atoms with Gasteiger partial charge in [-0.15, -0.1) is 0 Å². The number of carboxylic acid groups (broad SMARTS) is 1. The lowest BCUT2D eigenvalue weighted by Gasteiger charge is -1.99. The zero-order valence-electron chi connectivity index (χ0n) is 8.97. The summed E-state index contributed by atoms with van der Waals surface area (Å²) in [4.78, 5) is 10.5. The van der Waals surface area contributed by atoms with E-state index in [1.165, 1.54) is 0 Å². The summed E-state index contributed by atoms with van der Waals surface area (Å²) < 4.78 is 0. The second kappa shape index (κ2) is 8.37. The van der Waals surface area contributed by atoms with Crippen molar-refractivity contribution in [1.29, 1.82) is 0 Å². The predicted molar refractivity (Wildman–Crippen MR) is 57.9 cm³/mol. The number of carboxylic acids is 1. The van der Waals surface area contributed by atoms with Crippen LogP contribution in [0.25, 0.3) is 0 Å². The second-order valence-corrected chi connectivity index (χ2v) is 3.19. The van der Waals surface area contributed by atoms with Crippen LogP contribution in [0.3, 0.4) is 0 Å².